The quantitative estimate of drug-likeness (QED) is 0.628. The summed E-state index contributed by atoms with van der Waals surface area (Å²) in [6, 6.07) is 0.0386. The molecule has 0 spiro atoms. The van der Waals surface area contributed by atoms with Gasteiger partial charge in [-0.3, -0.25) is 4.40 Å². The van der Waals surface area contributed by atoms with Gasteiger partial charge < -0.3 is 10.7 Å². The first kappa shape index (κ1) is 6.42. The van der Waals surface area contributed by atoms with Crippen LogP contribution in [0.5, 0.6) is 0 Å². The third-order valence-corrected chi connectivity index (χ3v) is 1.69. The number of imidazole rings is 2. The number of nitrogens with zero attached hydrogens (tertiary/aromatic N) is 2. The molecule has 0 aliphatic rings. The van der Waals surface area contributed by atoms with E-state index in [-0.39, 0.29) is 6.04 Å². The van der Waals surface area contributed by atoms with Gasteiger partial charge in [0, 0.05) is 24.6 Å². The molecule has 3 N–H and O–H groups in total. The van der Waals surface area contributed by atoms with Crippen molar-refractivity contribution in [1.29, 1.82) is 0 Å². The Bertz CT molecular complexity index is 329. The molecular weight excluding hydrogens is 140 g/mol. The molecule has 4 nitrogen and oxygen atoms in total. The zero-order chi connectivity index (χ0) is 7.84. The maximum atomic E-state index is 5.66. The minimum Gasteiger partial charge on any atom is -0.326 e. The Labute approximate surface area is 64.0 Å². The molecule has 0 radical (unpaired) electrons. The highest BCUT2D eigenvalue weighted by molar-refractivity contribution is 5.31. The van der Waals surface area contributed by atoms with Crippen molar-refractivity contribution in [1.82, 2.24) is 14.4 Å². The van der Waals surface area contributed by atoms with E-state index in [1.54, 1.807) is 6.20 Å². The lowest BCUT2D eigenvalue weighted by Crippen LogP contribution is -2.04. The number of aromatic nitrogens is 3. The molecule has 58 valence electrons. The van der Waals surface area contributed by atoms with Crippen LogP contribution in [0.3, 0.4) is 0 Å². The molecule has 0 saturated heterocycles. The molecule has 2 rings (SSSR count). The number of hydrogen-bond donors (Lipinski definition) is 2. The van der Waals surface area contributed by atoms with E-state index in [4.69, 9.17) is 5.73 Å². The molecule has 11 heavy (non-hydrogen) atoms. The molecule has 2 aromatic rings. The topological polar surface area (TPSA) is 59.1 Å². The van der Waals surface area contributed by atoms with Crippen LogP contribution in [0.25, 0.3) is 5.78 Å². The molecule has 0 aromatic carbocycles. The highest BCUT2D eigenvalue weighted by Gasteiger charge is 2.03. The van der Waals surface area contributed by atoms with Crippen molar-refractivity contribution in [2.24, 2.45) is 5.73 Å². The van der Waals surface area contributed by atoms with Crippen molar-refractivity contribution < 1.29 is 0 Å². The van der Waals surface area contributed by atoms with Crippen molar-refractivity contribution in [2.45, 2.75) is 13.0 Å². The van der Waals surface area contributed by atoms with Crippen LogP contribution in [0.2, 0.25) is 0 Å². The van der Waals surface area contributed by atoms with Crippen LogP contribution in [0.15, 0.2) is 18.6 Å². The van der Waals surface area contributed by atoms with Crippen LogP contribution in [-0.4, -0.2) is 14.4 Å². The Morgan fingerprint density at radius 3 is 3.18 bits per heavy atom. The van der Waals surface area contributed by atoms with Crippen molar-refractivity contribution in [3.8, 4) is 0 Å². The van der Waals surface area contributed by atoms with Gasteiger partial charge >= 0.3 is 0 Å². The molecule has 0 saturated carbocycles. The van der Waals surface area contributed by atoms with Crippen LogP contribution in [-0.2, 0) is 0 Å². The van der Waals surface area contributed by atoms with Crippen molar-refractivity contribution in [3.63, 3.8) is 0 Å². The predicted octanol–water partition coefficient (Wildman–Crippen LogP) is 0.682. The summed E-state index contributed by atoms with van der Waals surface area (Å²) in [5.74, 6) is 0.845. The molecule has 0 bridgehead atoms. The van der Waals surface area contributed by atoms with Gasteiger partial charge in [-0.1, -0.05) is 0 Å². The van der Waals surface area contributed by atoms with E-state index in [2.05, 4.69) is 9.97 Å². The number of nitrogens with two attached hydrogens (primary N) is 1. The summed E-state index contributed by atoms with van der Waals surface area (Å²) >= 11 is 0. The molecule has 2 heterocycles. The summed E-state index contributed by atoms with van der Waals surface area (Å²) in [6.45, 7) is 1.94. The van der Waals surface area contributed by atoms with E-state index in [9.17, 15) is 0 Å². The summed E-state index contributed by atoms with van der Waals surface area (Å²) in [6.07, 6.45) is 5.58. The lowest BCUT2D eigenvalue weighted by molar-refractivity contribution is 0.789. The Morgan fingerprint density at radius 1 is 1.73 bits per heavy atom. The zero-order valence-electron chi connectivity index (χ0n) is 6.28. The fraction of sp³-hybridized carbons (Fsp3) is 0.286. The average Bonchev–Trinajstić information content (AvgIpc) is 2.40. The van der Waals surface area contributed by atoms with Gasteiger partial charge in [-0.15, -0.1) is 0 Å². The largest absolute Gasteiger partial charge is 0.326 e. The number of H-pyrrole nitrogens is 1. The van der Waals surface area contributed by atoms with E-state index < -0.39 is 0 Å². The molecule has 1 unspecified atom stereocenters. The van der Waals surface area contributed by atoms with Crippen molar-refractivity contribution in [3.05, 3.63) is 24.3 Å². The predicted molar refractivity (Wildman–Crippen MR) is 42.1 cm³/mol. The van der Waals surface area contributed by atoms with Gasteiger partial charge in [-0.25, -0.2) is 4.98 Å². The molecule has 0 aliphatic heterocycles. The number of nitrogens with one attached hydrogen (secondary N) is 1. The molecule has 0 aliphatic carbocycles. The summed E-state index contributed by atoms with van der Waals surface area (Å²) < 4.78 is 1.92. The first-order valence-electron chi connectivity index (χ1n) is 3.54. The summed E-state index contributed by atoms with van der Waals surface area (Å²) in [5.41, 5.74) is 6.67. The van der Waals surface area contributed by atoms with E-state index in [1.807, 2.05) is 23.7 Å². The van der Waals surface area contributed by atoms with Gasteiger partial charge in [-0.2, -0.15) is 0 Å². The Kier molecular flexibility index (Phi) is 1.22. The van der Waals surface area contributed by atoms with Crippen LogP contribution < -0.4 is 5.73 Å². The first-order valence-corrected chi connectivity index (χ1v) is 3.54. The van der Waals surface area contributed by atoms with Gasteiger partial charge in [0.1, 0.15) is 0 Å². The second-order valence-electron chi connectivity index (χ2n) is 2.66. The molecular formula is C7H10N4. The fourth-order valence-electron chi connectivity index (χ4n) is 1.06. The first-order chi connectivity index (χ1) is 5.27. The number of fused-ring (bicyclic) bond motifs is 1. The smallest absolute Gasteiger partial charge is 0.211 e. The van der Waals surface area contributed by atoms with Crippen molar-refractivity contribution in [2.75, 3.05) is 0 Å². The molecule has 0 amide bonds. The summed E-state index contributed by atoms with van der Waals surface area (Å²) in [4.78, 5) is 7.18. The van der Waals surface area contributed by atoms with Crippen LogP contribution in [0.4, 0.5) is 0 Å². The van der Waals surface area contributed by atoms with Gasteiger partial charge in [0.05, 0.1) is 5.69 Å². The fourth-order valence-corrected chi connectivity index (χ4v) is 1.06. The van der Waals surface area contributed by atoms with Gasteiger partial charge in [0.15, 0.2) is 0 Å². The SMILES string of the molecule is CC(N)c1cn2ccnc2[nH]1. The second-order valence-corrected chi connectivity index (χ2v) is 2.66. The molecule has 1 atom stereocenters. The third-order valence-electron chi connectivity index (χ3n) is 1.69. The molecule has 4 heteroatoms. The maximum Gasteiger partial charge on any atom is 0.211 e. The van der Waals surface area contributed by atoms with Gasteiger partial charge in [0.25, 0.3) is 0 Å². The Balaban J connectivity index is 2.58. The monoisotopic (exact) mass is 150 g/mol. The number of rotatable bonds is 1. The van der Waals surface area contributed by atoms with E-state index in [0.29, 0.717) is 0 Å². The second kappa shape index (κ2) is 2.10. The summed E-state index contributed by atoms with van der Waals surface area (Å²) in [5, 5.41) is 0. The van der Waals surface area contributed by atoms with Gasteiger partial charge in [0.2, 0.25) is 5.78 Å². The highest BCUT2D eigenvalue weighted by atomic mass is 15.1. The minimum atomic E-state index is 0.0386. The molecule has 2 aromatic heterocycles. The zero-order valence-corrected chi connectivity index (χ0v) is 6.28. The Hall–Kier alpha value is -1.29. The lowest BCUT2D eigenvalue weighted by atomic mass is 10.3. The molecule has 0 fully saturated rings. The normalized spacial score (nSPS) is 14.0. The van der Waals surface area contributed by atoms with Crippen LogP contribution >= 0.6 is 0 Å². The Morgan fingerprint density at radius 2 is 2.55 bits per heavy atom. The van der Waals surface area contributed by atoms with E-state index in [0.717, 1.165) is 11.5 Å². The summed E-state index contributed by atoms with van der Waals surface area (Å²) in [7, 11) is 0. The number of aromatic amines is 1. The van der Waals surface area contributed by atoms with Crippen molar-refractivity contribution >= 4 is 5.78 Å². The van der Waals surface area contributed by atoms with Gasteiger partial charge in [-0.05, 0) is 6.92 Å². The van der Waals surface area contributed by atoms with E-state index >= 15 is 0 Å². The van der Waals surface area contributed by atoms with E-state index in [1.165, 1.54) is 0 Å². The maximum absolute atomic E-state index is 5.66. The third kappa shape index (κ3) is 0.914. The lowest BCUT2D eigenvalue weighted by Gasteiger charge is -1.97. The highest BCUT2D eigenvalue weighted by Crippen LogP contribution is 2.08. The van der Waals surface area contributed by atoms with Crippen LogP contribution in [0.1, 0.15) is 18.7 Å². The minimum absolute atomic E-state index is 0.0386. The number of hydrogen-bond acceptors (Lipinski definition) is 2. The average molecular weight is 150 g/mol. The standard InChI is InChI=1S/C7H10N4/c1-5(8)6-4-11-3-2-9-7(11)10-6/h2-5H,8H2,1H3,(H,9,10). The van der Waals surface area contributed by atoms with Crippen LogP contribution in [0, 0.1) is 0 Å².